The Bertz CT molecular complexity index is 801. The summed E-state index contributed by atoms with van der Waals surface area (Å²) in [6.07, 6.45) is -3.63. The smallest absolute Gasteiger partial charge is 0.395 e. The van der Waals surface area contributed by atoms with Crippen LogP contribution < -0.4 is 20.3 Å². The molecule has 0 aliphatic carbocycles. The van der Waals surface area contributed by atoms with E-state index in [2.05, 4.69) is 35.1 Å². The first-order valence-corrected chi connectivity index (χ1v) is 6.45. The molecule has 2 aromatic rings. The van der Waals surface area contributed by atoms with Gasteiger partial charge in [-0.05, 0) is 24.3 Å². The summed E-state index contributed by atoms with van der Waals surface area (Å²) in [7, 11) is 0. The SMILES string of the molecule is O=C1NC(c2cc(-c3ccc4c(c3)OC(F)(F)O4)ncn2)NO1. The molecule has 118 valence electrons. The highest BCUT2D eigenvalue weighted by Crippen LogP contribution is 2.42. The monoisotopic (exact) mass is 322 g/mol. The number of ether oxygens (including phenoxy) is 2. The molecule has 4 rings (SSSR count). The zero-order chi connectivity index (χ0) is 16.0. The van der Waals surface area contributed by atoms with Gasteiger partial charge in [0.05, 0.1) is 11.4 Å². The molecule has 0 radical (unpaired) electrons. The van der Waals surface area contributed by atoms with Gasteiger partial charge >= 0.3 is 12.4 Å². The molecule has 1 fully saturated rings. The summed E-state index contributed by atoms with van der Waals surface area (Å²) in [5, 5.41) is 2.49. The lowest BCUT2D eigenvalue weighted by Crippen LogP contribution is -2.25. The van der Waals surface area contributed by atoms with Crippen molar-refractivity contribution in [2.75, 3.05) is 0 Å². The van der Waals surface area contributed by atoms with Crippen LogP contribution in [0.15, 0.2) is 30.6 Å². The van der Waals surface area contributed by atoms with E-state index >= 15 is 0 Å². The van der Waals surface area contributed by atoms with Gasteiger partial charge in [0.1, 0.15) is 6.33 Å². The molecule has 23 heavy (non-hydrogen) atoms. The first-order chi connectivity index (χ1) is 11.0. The zero-order valence-corrected chi connectivity index (χ0v) is 11.2. The van der Waals surface area contributed by atoms with E-state index in [4.69, 9.17) is 0 Å². The number of aromatic nitrogens is 2. The second-order valence-electron chi connectivity index (χ2n) is 4.74. The number of alkyl halides is 2. The van der Waals surface area contributed by atoms with Gasteiger partial charge in [0, 0.05) is 5.56 Å². The van der Waals surface area contributed by atoms with Gasteiger partial charge in [-0.15, -0.1) is 14.3 Å². The van der Waals surface area contributed by atoms with Crippen molar-refractivity contribution in [2.45, 2.75) is 12.5 Å². The first-order valence-electron chi connectivity index (χ1n) is 6.45. The molecule has 2 aliphatic rings. The van der Waals surface area contributed by atoms with E-state index in [9.17, 15) is 13.6 Å². The Morgan fingerprint density at radius 3 is 2.74 bits per heavy atom. The Morgan fingerprint density at radius 2 is 1.96 bits per heavy atom. The Labute approximate surface area is 127 Å². The minimum atomic E-state index is -3.67. The quantitative estimate of drug-likeness (QED) is 0.869. The molecule has 8 nitrogen and oxygen atoms in total. The number of rotatable bonds is 2. The maximum atomic E-state index is 13.0. The van der Waals surface area contributed by atoms with Gasteiger partial charge in [0.2, 0.25) is 0 Å². The van der Waals surface area contributed by atoms with Crippen LogP contribution in [0.2, 0.25) is 0 Å². The standard InChI is InChI=1S/C13H8F2N4O4/c14-13(15)21-9-2-1-6(3-10(9)22-13)7-4-8(17-5-16-7)11-18-12(20)23-19-11/h1-5,11,19H,(H,18,20). The molecule has 0 bridgehead atoms. The van der Waals surface area contributed by atoms with Crippen LogP contribution in [-0.2, 0) is 4.84 Å². The topological polar surface area (TPSA) is 94.6 Å². The lowest BCUT2D eigenvalue weighted by atomic mass is 10.1. The number of carbonyl (C=O) groups excluding carboxylic acids is 1. The highest BCUT2D eigenvalue weighted by Gasteiger charge is 2.43. The third-order valence-electron chi connectivity index (χ3n) is 3.21. The van der Waals surface area contributed by atoms with Crippen LogP contribution in [0.1, 0.15) is 11.9 Å². The Kier molecular flexibility index (Phi) is 2.81. The summed E-state index contributed by atoms with van der Waals surface area (Å²) < 4.78 is 34.8. The summed E-state index contributed by atoms with van der Waals surface area (Å²) in [4.78, 5) is 23.7. The summed E-state index contributed by atoms with van der Waals surface area (Å²) in [5.41, 5.74) is 3.89. The van der Waals surface area contributed by atoms with E-state index in [1.165, 1.54) is 18.5 Å². The molecular weight excluding hydrogens is 314 g/mol. The van der Waals surface area contributed by atoms with E-state index < -0.39 is 18.6 Å². The number of hydroxylamine groups is 1. The van der Waals surface area contributed by atoms with Crippen LogP contribution in [0.25, 0.3) is 11.3 Å². The average molecular weight is 322 g/mol. The fourth-order valence-electron chi connectivity index (χ4n) is 2.22. The van der Waals surface area contributed by atoms with Gasteiger partial charge in [-0.2, -0.15) is 0 Å². The predicted octanol–water partition coefficient (Wildman–Crippen LogP) is 1.71. The molecule has 10 heteroatoms. The van der Waals surface area contributed by atoms with E-state index in [1.54, 1.807) is 12.1 Å². The maximum absolute atomic E-state index is 13.0. The first kappa shape index (κ1) is 13.6. The highest BCUT2D eigenvalue weighted by molar-refractivity contribution is 5.69. The molecule has 0 saturated carbocycles. The van der Waals surface area contributed by atoms with Gasteiger partial charge in [-0.3, -0.25) is 5.32 Å². The van der Waals surface area contributed by atoms with Gasteiger partial charge < -0.3 is 14.3 Å². The number of hydrogen-bond donors (Lipinski definition) is 2. The number of hydrogen-bond acceptors (Lipinski definition) is 7. The van der Waals surface area contributed by atoms with Crippen molar-refractivity contribution >= 4 is 6.09 Å². The molecule has 1 saturated heterocycles. The molecule has 1 aromatic carbocycles. The van der Waals surface area contributed by atoms with Crippen LogP contribution in [0, 0.1) is 0 Å². The number of nitrogens with zero attached hydrogens (tertiary/aromatic N) is 2. The molecule has 2 aliphatic heterocycles. The molecule has 1 atom stereocenters. The maximum Gasteiger partial charge on any atom is 0.586 e. The van der Waals surface area contributed by atoms with Crippen molar-refractivity contribution in [1.82, 2.24) is 20.8 Å². The second-order valence-corrected chi connectivity index (χ2v) is 4.74. The Morgan fingerprint density at radius 1 is 1.13 bits per heavy atom. The summed E-state index contributed by atoms with van der Waals surface area (Å²) in [6.45, 7) is 0. The van der Waals surface area contributed by atoms with Gasteiger partial charge in [0.25, 0.3) is 0 Å². The van der Waals surface area contributed by atoms with E-state index in [0.717, 1.165) is 0 Å². The van der Waals surface area contributed by atoms with Crippen LogP contribution in [0.4, 0.5) is 13.6 Å². The van der Waals surface area contributed by atoms with Gasteiger partial charge in [-0.1, -0.05) is 0 Å². The summed E-state index contributed by atoms with van der Waals surface area (Å²) >= 11 is 0. The third kappa shape index (κ3) is 2.48. The Balaban J connectivity index is 1.66. The summed E-state index contributed by atoms with van der Waals surface area (Å²) in [5.74, 6) is -0.130. The number of amides is 1. The minimum absolute atomic E-state index is 0.0499. The zero-order valence-electron chi connectivity index (χ0n) is 11.2. The lowest BCUT2D eigenvalue weighted by molar-refractivity contribution is -0.286. The number of halogens is 2. The molecular formula is C13H8F2N4O4. The molecule has 1 amide bonds. The molecule has 2 N–H and O–H groups in total. The molecule has 3 heterocycles. The van der Waals surface area contributed by atoms with Gasteiger partial charge in [0.15, 0.2) is 17.7 Å². The number of carbonyl (C=O) groups is 1. The van der Waals surface area contributed by atoms with Crippen molar-refractivity contribution in [2.24, 2.45) is 0 Å². The van der Waals surface area contributed by atoms with Crippen LogP contribution in [-0.4, -0.2) is 22.4 Å². The molecule has 1 aromatic heterocycles. The van der Waals surface area contributed by atoms with Crippen molar-refractivity contribution in [1.29, 1.82) is 0 Å². The van der Waals surface area contributed by atoms with Crippen LogP contribution in [0.5, 0.6) is 11.5 Å². The van der Waals surface area contributed by atoms with Gasteiger partial charge in [-0.25, -0.2) is 14.8 Å². The normalized spacial score (nSPS) is 21.0. The predicted molar refractivity (Wildman–Crippen MR) is 69.2 cm³/mol. The summed E-state index contributed by atoms with van der Waals surface area (Å²) in [6, 6.07) is 5.90. The van der Waals surface area contributed by atoms with Crippen LogP contribution >= 0.6 is 0 Å². The number of fused-ring (bicyclic) bond motifs is 1. The third-order valence-corrected chi connectivity index (χ3v) is 3.21. The Hall–Kier alpha value is -3.01. The average Bonchev–Trinajstić information content (AvgIpc) is 3.08. The largest absolute Gasteiger partial charge is 0.586 e. The van der Waals surface area contributed by atoms with Crippen molar-refractivity contribution in [3.63, 3.8) is 0 Å². The van der Waals surface area contributed by atoms with Crippen molar-refractivity contribution in [3.8, 4) is 22.8 Å². The number of nitrogens with one attached hydrogen (secondary N) is 2. The van der Waals surface area contributed by atoms with E-state index in [0.29, 0.717) is 17.0 Å². The molecule has 1 unspecified atom stereocenters. The fraction of sp³-hybridized carbons (Fsp3) is 0.154. The number of benzene rings is 1. The second kappa shape index (κ2) is 4.74. The fourth-order valence-corrected chi connectivity index (χ4v) is 2.22. The molecule has 0 spiro atoms. The van der Waals surface area contributed by atoms with E-state index in [1.807, 2.05) is 0 Å². The lowest BCUT2D eigenvalue weighted by Gasteiger charge is -2.08. The van der Waals surface area contributed by atoms with Crippen LogP contribution in [0.3, 0.4) is 0 Å². The van der Waals surface area contributed by atoms with E-state index in [-0.39, 0.29) is 11.5 Å². The van der Waals surface area contributed by atoms with Crippen molar-refractivity contribution in [3.05, 3.63) is 36.3 Å². The van der Waals surface area contributed by atoms with Crippen molar-refractivity contribution < 1.29 is 27.9 Å². The minimum Gasteiger partial charge on any atom is -0.395 e. The highest BCUT2D eigenvalue weighted by atomic mass is 19.3.